The van der Waals surface area contributed by atoms with Gasteiger partial charge in [-0.1, -0.05) is 6.92 Å². The summed E-state index contributed by atoms with van der Waals surface area (Å²) in [5, 5.41) is 4.15. The number of sulfonamides is 1. The fourth-order valence-corrected chi connectivity index (χ4v) is 5.01. The first kappa shape index (κ1) is 18.9. The van der Waals surface area contributed by atoms with Gasteiger partial charge in [0.1, 0.15) is 17.2 Å². The van der Waals surface area contributed by atoms with Gasteiger partial charge in [0.25, 0.3) is 15.9 Å². The van der Waals surface area contributed by atoms with E-state index < -0.39 is 34.2 Å². The molecule has 1 atom stereocenters. The van der Waals surface area contributed by atoms with Crippen molar-refractivity contribution in [3.8, 4) is 11.4 Å². The van der Waals surface area contributed by atoms with E-state index in [0.29, 0.717) is 17.0 Å². The lowest BCUT2D eigenvalue weighted by Gasteiger charge is -2.14. The second-order valence-electron chi connectivity index (χ2n) is 7.17. The molecule has 2 aromatic heterocycles. The number of nitrogens with one attached hydrogen (secondary N) is 1. The Morgan fingerprint density at radius 3 is 2.61 bits per heavy atom. The third kappa shape index (κ3) is 2.80. The first-order valence-electron chi connectivity index (χ1n) is 8.56. The van der Waals surface area contributed by atoms with Crippen LogP contribution in [-0.4, -0.2) is 51.5 Å². The molecule has 0 amide bonds. The van der Waals surface area contributed by atoms with E-state index in [4.69, 9.17) is 0 Å². The van der Waals surface area contributed by atoms with Crippen molar-refractivity contribution in [2.75, 3.05) is 13.1 Å². The van der Waals surface area contributed by atoms with Crippen LogP contribution in [0.2, 0.25) is 0 Å². The maximum Gasteiger partial charge on any atom is 0.265 e. The Balaban J connectivity index is 1.88. The average molecular weight is 413 g/mol. The van der Waals surface area contributed by atoms with Gasteiger partial charge in [0.2, 0.25) is 0 Å². The van der Waals surface area contributed by atoms with Crippen LogP contribution in [-0.2, 0) is 17.1 Å². The van der Waals surface area contributed by atoms with E-state index in [1.165, 1.54) is 30.1 Å². The molecule has 3 aromatic rings. The van der Waals surface area contributed by atoms with Crippen LogP contribution in [0.1, 0.15) is 12.5 Å². The summed E-state index contributed by atoms with van der Waals surface area (Å²) in [5.41, 5.74) is 0.973. The Morgan fingerprint density at radius 1 is 1.32 bits per heavy atom. The monoisotopic (exact) mass is 413 g/mol. The number of rotatable bonds is 3. The number of aryl methyl sites for hydroxylation is 2. The van der Waals surface area contributed by atoms with Crippen molar-refractivity contribution in [1.82, 2.24) is 24.1 Å². The fourth-order valence-electron chi connectivity index (χ4n) is 3.47. The van der Waals surface area contributed by atoms with Gasteiger partial charge in [0, 0.05) is 30.5 Å². The molecule has 1 aliphatic heterocycles. The highest BCUT2D eigenvalue weighted by Crippen LogP contribution is 2.38. The number of halogens is 3. The van der Waals surface area contributed by atoms with E-state index in [9.17, 15) is 21.6 Å². The minimum absolute atomic E-state index is 0.0365. The molecule has 3 heterocycles. The molecule has 0 spiro atoms. The first-order chi connectivity index (χ1) is 13.0. The third-order valence-corrected chi connectivity index (χ3v) is 6.80. The molecule has 0 bridgehead atoms. The summed E-state index contributed by atoms with van der Waals surface area (Å²) in [5.74, 6) is -4.54. The van der Waals surface area contributed by atoms with Crippen LogP contribution >= 0.6 is 0 Å². The van der Waals surface area contributed by atoms with Gasteiger partial charge in [0.05, 0.1) is 12.1 Å². The lowest BCUT2D eigenvalue weighted by molar-refractivity contribution is -0.0177. The summed E-state index contributed by atoms with van der Waals surface area (Å²) >= 11 is 0. The molecule has 0 unspecified atom stereocenters. The Labute approximate surface area is 159 Å². The number of nitrogens with zero attached hydrogens (tertiary/aromatic N) is 4. The third-order valence-electron chi connectivity index (χ3n) is 5.07. The van der Waals surface area contributed by atoms with Crippen LogP contribution in [0.4, 0.5) is 13.2 Å². The number of fused-ring (bicyclic) bond motifs is 1. The zero-order valence-corrected chi connectivity index (χ0v) is 16.2. The molecule has 11 heteroatoms. The molecule has 4 rings (SSSR count). The standard InChI is InChI=1S/C17H18F3N5O2S/c1-9-4-12(18)15-11(14(9)16-21-8-24(3)23-16)5-13(22-15)28(26,27)25-6-10(2)17(19,20)7-25/h4-5,8,10,22H,6-7H2,1-3H3/t10-/m1/s1. The van der Waals surface area contributed by atoms with Crippen LogP contribution in [0.3, 0.4) is 0 Å². The summed E-state index contributed by atoms with van der Waals surface area (Å²) in [6.07, 6.45) is 1.47. The highest BCUT2D eigenvalue weighted by molar-refractivity contribution is 7.89. The average Bonchev–Trinajstić information content (AvgIpc) is 3.27. The number of benzene rings is 1. The van der Waals surface area contributed by atoms with Crippen molar-refractivity contribution in [1.29, 1.82) is 0 Å². The highest BCUT2D eigenvalue weighted by atomic mass is 32.2. The molecule has 1 fully saturated rings. The van der Waals surface area contributed by atoms with Crippen molar-refractivity contribution < 1.29 is 21.6 Å². The SMILES string of the molecule is Cc1cc(F)c2[nH]c(S(=O)(=O)N3C[C@@H](C)C(F)(F)C3)cc2c1-c1ncn(C)n1. The fraction of sp³-hybridized carbons (Fsp3) is 0.412. The number of aromatic amines is 1. The number of aromatic nitrogens is 4. The largest absolute Gasteiger partial charge is 0.342 e. The van der Waals surface area contributed by atoms with Crippen LogP contribution in [0.5, 0.6) is 0 Å². The van der Waals surface area contributed by atoms with Crippen molar-refractivity contribution in [3.05, 3.63) is 29.8 Å². The minimum atomic E-state index is -4.24. The van der Waals surface area contributed by atoms with Gasteiger partial charge in [-0.15, -0.1) is 0 Å². The molecule has 0 saturated carbocycles. The summed E-state index contributed by atoms with van der Waals surface area (Å²) in [6.45, 7) is 1.76. The van der Waals surface area contributed by atoms with Crippen molar-refractivity contribution >= 4 is 20.9 Å². The molecule has 1 aliphatic rings. The molecule has 0 aliphatic carbocycles. The molecule has 7 nitrogen and oxygen atoms in total. The summed E-state index contributed by atoms with van der Waals surface area (Å²) in [7, 11) is -2.57. The number of hydrogen-bond donors (Lipinski definition) is 1. The smallest absolute Gasteiger partial charge is 0.265 e. The van der Waals surface area contributed by atoms with Gasteiger partial charge < -0.3 is 4.98 Å². The van der Waals surface area contributed by atoms with Gasteiger partial charge in [-0.05, 0) is 24.6 Å². The Hall–Kier alpha value is -2.40. The first-order valence-corrected chi connectivity index (χ1v) is 10.0. The van der Waals surface area contributed by atoms with Crippen LogP contribution < -0.4 is 0 Å². The second-order valence-corrected chi connectivity index (χ2v) is 9.08. The minimum Gasteiger partial charge on any atom is -0.342 e. The normalized spacial score (nSPS) is 20.3. The zero-order valence-electron chi connectivity index (χ0n) is 15.4. The Kier molecular flexibility index (Phi) is 4.09. The van der Waals surface area contributed by atoms with Gasteiger partial charge in [-0.3, -0.25) is 4.68 Å². The van der Waals surface area contributed by atoms with Crippen LogP contribution in [0, 0.1) is 18.7 Å². The van der Waals surface area contributed by atoms with E-state index in [2.05, 4.69) is 15.1 Å². The molecule has 150 valence electrons. The maximum absolute atomic E-state index is 14.5. The van der Waals surface area contributed by atoms with Gasteiger partial charge in [-0.2, -0.15) is 9.40 Å². The van der Waals surface area contributed by atoms with E-state index >= 15 is 0 Å². The molecule has 1 aromatic carbocycles. The van der Waals surface area contributed by atoms with Gasteiger partial charge >= 0.3 is 0 Å². The summed E-state index contributed by atoms with van der Waals surface area (Å²) in [6, 6.07) is 2.51. The topological polar surface area (TPSA) is 83.9 Å². The molecule has 0 radical (unpaired) electrons. The predicted octanol–water partition coefficient (Wildman–Crippen LogP) is 2.69. The second kappa shape index (κ2) is 6.05. The van der Waals surface area contributed by atoms with Gasteiger partial charge in [0.15, 0.2) is 5.82 Å². The summed E-state index contributed by atoms with van der Waals surface area (Å²) < 4.78 is 70.2. The molecule has 1 N–H and O–H groups in total. The van der Waals surface area contributed by atoms with E-state index in [1.54, 1.807) is 14.0 Å². The van der Waals surface area contributed by atoms with Crippen LogP contribution in [0.15, 0.2) is 23.5 Å². The lowest BCUT2D eigenvalue weighted by Crippen LogP contribution is -2.31. The van der Waals surface area contributed by atoms with Crippen molar-refractivity contribution in [2.24, 2.45) is 13.0 Å². The molecule has 28 heavy (non-hydrogen) atoms. The van der Waals surface area contributed by atoms with E-state index in [1.807, 2.05) is 0 Å². The van der Waals surface area contributed by atoms with E-state index in [0.717, 1.165) is 4.31 Å². The Bertz CT molecular complexity index is 1190. The number of hydrogen-bond acceptors (Lipinski definition) is 4. The zero-order chi connectivity index (χ0) is 20.4. The quantitative estimate of drug-likeness (QED) is 0.716. The molecular weight excluding hydrogens is 395 g/mol. The molecular formula is C17H18F3N5O2S. The summed E-state index contributed by atoms with van der Waals surface area (Å²) in [4.78, 5) is 6.72. The van der Waals surface area contributed by atoms with Crippen molar-refractivity contribution in [2.45, 2.75) is 24.8 Å². The Morgan fingerprint density at radius 2 is 2.04 bits per heavy atom. The predicted molar refractivity (Wildman–Crippen MR) is 95.9 cm³/mol. The number of alkyl halides is 2. The lowest BCUT2D eigenvalue weighted by atomic mass is 10.0. The highest BCUT2D eigenvalue weighted by Gasteiger charge is 2.49. The number of H-pyrrole nitrogens is 1. The van der Waals surface area contributed by atoms with Crippen LogP contribution in [0.25, 0.3) is 22.3 Å². The molecule has 1 saturated heterocycles. The maximum atomic E-state index is 14.5. The van der Waals surface area contributed by atoms with E-state index in [-0.39, 0.29) is 22.5 Å². The van der Waals surface area contributed by atoms with Crippen molar-refractivity contribution in [3.63, 3.8) is 0 Å². The van der Waals surface area contributed by atoms with Gasteiger partial charge in [-0.25, -0.2) is 26.6 Å².